The highest BCUT2D eigenvalue weighted by Crippen LogP contribution is 2.19. The number of hydrogen-bond donors (Lipinski definition) is 1. The maximum absolute atomic E-state index is 12.1. The molecule has 0 aliphatic carbocycles. The third-order valence-electron chi connectivity index (χ3n) is 2.89. The number of benzene rings is 1. The Hall–Kier alpha value is -2.06. The van der Waals surface area contributed by atoms with E-state index < -0.39 is 0 Å². The molecule has 1 aromatic carbocycles. The van der Waals surface area contributed by atoms with Crippen LogP contribution in [-0.2, 0) is 17.2 Å². The summed E-state index contributed by atoms with van der Waals surface area (Å²) in [5.74, 6) is 0.709. The predicted molar refractivity (Wildman–Crippen MR) is 81.9 cm³/mol. The Bertz CT molecular complexity index is 722. The molecule has 0 saturated carbocycles. The number of nitrogens with zero attached hydrogens (tertiary/aromatic N) is 3. The van der Waals surface area contributed by atoms with E-state index in [9.17, 15) is 4.79 Å². The molecular weight excluding hydrogens is 288 g/mol. The third kappa shape index (κ3) is 3.53. The first-order valence-electron chi connectivity index (χ1n) is 6.60. The van der Waals surface area contributed by atoms with Gasteiger partial charge in [0.15, 0.2) is 0 Å². The number of carbonyl (C=O) groups excluding carboxylic acids is 1. The van der Waals surface area contributed by atoms with E-state index in [0.717, 1.165) is 11.0 Å². The van der Waals surface area contributed by atoms with Gasteiger partial charge < -0.3 is 9.88 Å². The van der Waals surface area contributed by atoms with Gasteiger partial charge in [-0.05, 0) is 39.0 Å². The Labute approximate surface area is 128 Å². The van der Waals surface area contributed by atoms with Crippen LogP contribution in [0, 0.1) is 11.3 Å². The first kappa shape index (κ1) is 15.3. The molecule has 0 saturated heterocycles. The van der Waals surface area contributed by atoms with Crippen LogP contribution in [0.3, 0.4) is 0 Å². The van der Waals surface area contributed by atoms with Crippen molar-refractivity contribution in [1.82, 2.24) is 14.9 Å². The van der Waals surface area contributed by atoms with Crippen molar-refractivity contribution in [2.45, 2.75) is 38.7 Å². The van der Waals surface area contributed by atoms with Gasteiger partial charge >= 0.3 is 0 Å². The molecule has 0 aliphatic heterocycles. The highest BCUT2D eigenvalue weighted by Gasteiger charge is 2.17. The van der Waals surface area contributed by atoms with Gasteiger partial charge in [-0.1, -0.05) is 0 Å². The van der Waals surface area contributed by atoms with Crippen molar-refractivity contribution in [3.05, 3.63) is 29.6 Å². The normalized spacial score (nSPS) is 11.4. The molecule has 0 aliphatic rings. The molecule has 6 heteroatoms. The van der Waals surface area contributed by atoms with Gasteiger partial charge in [-0.25, -0.2) is 4.98 Å². The van der Waals surface area contributed by atoms with E-state index in [1.165, 1.54) is 0 Å². The van der Waals surface area contributed by atoms with Gasteiger partial charge in [-0.2, -0.15) is 5.26 Å². The quantitative estimate of drug-likeness (QED) is 0.886. The molecule has 1 amide bonds. The first-order chi connectivity index (χ1) is 9.84. The second-order valence-electron chi connectivity index (χ2n) is 5.86. The highest BCUT2D eigenvalue weighted by molar-refractivity contribution is 6.16. The number of carbonyl (C=O) groups is 1. The molecule has 0 unspecified atom stereocenters. The van der Waals surface area contributed by atoms with E-state index >= 15 is 0 Å². The number of halogens is 1. The second kappa shape index (κ2) is 5.74. The zero-order valence-corrected chi connectivity index (χ0v) is 13.0. The molecule has 2 aromatic rings. The van der Waals surface area contributed by atoms with Gasteiger partial charge in [0, 0.05) is 5.54 Å². The van der Waals surface area contributed by atoms with Crippen LogP contribution in [0.25, 0.3) is 11.0 Å². The number of hydrogen-bond acceptors (Lipinski definition) is 3. The summed E-state index contributed by atoms with van der Waals surface area (Å²) in [7, 11) is 0. The lowest BCUT2D eigenvalue weighted by atomic mass is 10.1. The Morgan fingerprint density at radius 1 is 1.48 bits per heavy atom. The molecule has 1 aromatic heterocycles. The molecule has 0 atom stereocenters. The topological polar surface area (TPSA) is 70.7 Å². The van der Waals surface area contributed by atoms with Gasteiger partial charge in [-0.15, -0.1) is 11.6 Å². The monoisotopic (exact) mass is 304 g/mol. The number of nitrogens with one attached hydrogen (secondary N) is 1. The lowest BCUT2D eigenvalue weighted by Gasteiger charge is -2.21. The summed E-state index contributed by atoms with van der Waals surface area (Å²) >= 11 is 5.91. The fourth-order valence-electron chi connectivity index (χ4n) is 2.12. The molecule has 2 rings (SSSR count). The van der Waals surface area contributed by atoms with Crippen LogP contribution in [0.1, 0.15) is 32.2 Å². The smallest absolute Gasteiger partial charge is 0.240 e. The minimum absolute atomic E-state index is 0.115. The van der Waals surface area contributed by atoms with Gasteiger partial charge in [0.2, 0.25) is 5.91 Å². The summed E-state index contributed by atoms with van der Waals surface area (Å²) in [5.41, 5.74) is 1.70. The molecule has 1 N–H and O–H groups in total. The summed E-state index contributed by atoms with van der Waals surface area (Å²) in [6, 6.07) is 7.28. The van der Waals surface area contributed by atoms with E-state index in [2.05, 4.69) is 16.4 Å². The number of imidazole rings is 1. The van der Waals surface area contributed by atoms with Crippen LogP contribution in [0.4, 0.5) is 0 Å². The minimum atomic E-state index is -0.299. The van der Waals surface area contributed by atoms with E-state index in [-0.39, 0.29) is 23.9 Å². The second-order valence-corrected chi connectivity index (χ2v) is 6.13. The predicted octanol–water partition coefficient (Wildman–Crippen LogP) is 2.56. The minimum Gasteiger partial charge on any atom is -0.350 e. The van der Waals surface area contributed by atoms with Crippen LogP contribution in [0.15, 0.2) is 18.2 Å². The Morgan fingerprint density at radius 3 is 2.76 bits per heavy atom. The van der Waals surface area contributed by atoms with Crippen molar-refractivity contribution in [1.29, 1.82) is 5.26 Å². The highest BCUT2D eigenvalue weighted by atomic mass is 35.5. The summed E-state index contributed by atoms with van der Waals surface area (Å²) in [6.45, 7) is 5.90. The van der Waals surface area contributed by atoms with Crippen molar-refractivity contribution in [3.8, 4) is 6.07 Å². The Balaban J connectivity index is 2.41. The van der Waals surface area contributed by atoms with Crippen LogP contribution >= 0.6 is 11.6 Å². The van der Waals surface area contributed by atoms with Crippen LogP contribution in [0.2, 0.25) is 0 Å². The number of fused-ring (bicyclic) bond motifs is 1. The van der Waals surface area contributed by atoms with Gasteiger partial charge in [0.25, 0.3) is 0 Å². The SMILES string of the molecule is CC(C)(C)NC(=O)Cn1c(CCl)nc2ccc(C#N)cc21. The van der Waals surface area contributed by atoms with Crippen molar-refractivity contribution in [2.75, 3.05) is 0 Å². The fourth-order valence-corrected chi connectivity index (χ4v) is 2.33. The molecule has 0 bridgehead atoms. The third-order valence-corrected chi connectivity index (χ3v) is 3.13. The molecule has 110 valence electrons. The molecular formula is C15H17ClN4O. The van der Waals surface area contributed by atoms with Gasteiger partial charge in [-0.3, -0.25) is 4.79 Å². The number of aromatic nitrogens is 2. The van der Waals surface area contributed by atoms with Crippen LogP contribution < -0.4 is 5.32 Å². The number of nitriles is 1. The lowest BCUT2D eigenvalue weighted by molar-refractivity contribution is -0.123. The average Bonchev–Trinajstić information content (AvgIpc) is 2.73. The lowest BCUT2D eigenvalue weighted by Crippen LogP contribution is -2.42. The number of rotatable bonds is 3. The van der Waals surface area contributed by atoms with Gasteiger partial charge in [0.1, 0.15) is 12.4 Å². The van der Waals surface area contributed by atoms with Crippen molar-refractivity contribution < 1.29 is 4.79 Å². The largest absolute Gasteiger partial charge is 0.350 e. The molecule has 5 nitrogen and oxygen atoms in total. The van der Waals surface area contributed by atoms with Crippen molar-refractivity contribution >= 4 is 28.5 Å². The summed E-state index contributed by atoms with van der Waals surface area (Å²) in [4.78, 5) is 16.5. The van der Waals surface area contributed by atoms with E-state index in [1.54, 1.807) is 22.8 Å². The van der Waals surface area contributed by atoms with E-state index in [1.807, 2.05) is 20.8 Å². The zero-order valence-electron chi connectivity index (χ0n) is 12.3. The molecule has 21 heavy (non-hydrogen) atoms. The molecule has 1 heterocycles. The van der Waals surface area contributed by atoms with Crippen LogP contribution in [0.5, 0.6) is 0 Å². The Morgan fingerprint density at radius 2 is 2.19 bits per heavy atom. The van der Waals surface area contributed by atoms with E-state index in [0.29, 0.717) is 11.4 Å². The number of alkyl halides is 1. The van der Waals surface area contributed by atoms with E-state index in [4.69, 9.17) is 16.9 Å². The van der Waals surface area contributed by atoms with Crippen molar-refractivity contribution in [2.24, 2.45) is 0 Å². The molecule has 0 fully saturated rings. The van der Waals surface area contributed by atoms with Gasteiger partial charge in [0.05, 0.1) is 28.5 Å². The first-order valence-corrected chi connectivity index (χ1v) is 7.14. The summed E-state index contributed by atoms with van der Waals surface area (Å²) < 4.78 is 1.75. The summed E-state index contributed by atoms with van der Waals surface area (Å²) in [5, 5.41) is 11.9. The maximum atomic E-state index is 12.1. The molecule has 0 radical (unpaired) electrons. The van der Waals surface area contributed by atoms with Crippen molar-refractivity contribution in [3.63, 3.8) is 0 Å². The summed E-state index contributed by atoms with van der Waals surface area (Å²) in [6.07, 6.45) is 0. The zero-order chi connectivity index (χ0) is 15.6. The fraction of sp³-hybridized carbons (Fsp3) is 0.400. The van der Waals surface area contributed by atoms with Crippen LogP contribution in [-0.4, -0.2) is 21.0 Å². The standard InChI is InChI=1S/C15H17ClN4O/c1-15(2,3)19-14(21)9-20-12-6-10(8-17)4-5-11(12)18-13(20)7-16/h4-6H,7,9H2,1-3H3,(H,19,21). The number of amides is 1. The molecule has 0 spiro atoms. The Kier molecular flexibility index (Phi) is 4.19. The maximum Gasteiger partial charge on any atom is 0.240 e. The average molecular weight is 305 g/mol.